The number of thiophene rings is 1. The van der Waals surface area contributed by atoms with Gasteiger partial charge >= 0.3 is 0 Å². The lowest BCUT2D eigenvalue weighted by atomic mass is 10.2. The number of nitrogens with zero attached hydrogens (tertiary/aromatic N) is 1. The number of amides is 1. The first-order valence-corrected chi connectivity index (χ1v) is 7.92. The second kappa shape index (κ2) is 6.58. The fourth-order valence-corrected chi connectivity index (χ4v) is 3.08. The molecule has 2 aromatic heterocycles. The minimum atomic E-state index is -0.0789. The summed E-state index contributed by atoms with van der Waals surface area (Å²) in [5.74, 6) is 0.741. The van der Waals surface area contributed by atoms with Crippen LogP contribution >= 0.6 is 11.3 Å². The molecule has 0 saturated heterocycles. The van der Waals surface area contributed by atoms with Gasteiger partial charge in [0.1, 0.15) is 10.6 Å². The number of carbonyl (C=O) groups excluding carboxylic acids is 1. The van der Waals surface area contributed by atoms with Crippen molar-refractivity contribution in [3.8, 4) is 5.75 Å². The van der Waals surface area contributed by atoms with Crippen LogP contribution < -0.4 is 10.1 Å². The molecule has 1 N–H and O–H groups in total. The van der Waals surface area contributed by atoms with E-state index in [1.165, 1.54) is 11.3 Å². The highest BCUT2D eigenvalue weighted by Crippen LogP contribution is 2.23. The summed E-state index contributed by atoms with van der Waals surface area (Å²) < 4.78 is 5.46. The number of benzene rings is 1. The molecule has 0 atom stereocenters. The van der Waals surface area contributed by atoms with E-state index >= 15 is 0 Å². The maximum absolute atomic E-state index is 12.2. The zero-order valence-corrected chi connectivity index (χ0v) is 13.0. The minimum Gasteiger partial charge on any atom is -0.494 e. The molecule has 0 aliphatic rings. The Bertz CT molecular complexity index is 765. The number of carbonyl (C=O) groups is 1. The molecular formula is C17H16N2O2S. The van der Waals surface area contributed by atoms with Crippen LogP contribution in [0.2, 0.25) is 0 Å². The lowest BCUT2D eigenvalue weighted by molar-refractivity contribution is 0.0955. The minimum absolute atomic E-state index is 0.0789. The van der Waals surface area contributed by atoms with E-state index in [4.69, 9.17) is 4.74 Å². The van der Waals surface area contributed by atoms with Crippen LogP contribution in [-0.2, 0) is 6.54 Å². The topological polar surface area (TPSA) is 51.2 Å². The lowest BCUT2D eigenvalue weighted by Crippen LogP contribution is -2.21. The van der Waals surface area contributed by atoms with Gasteiger partial charge in [-0.25, -0.2) is 4.98 Å². The third kappa shape index (κ3) is 3.26. The number of ether oxygens (including phenoxy) is 1. The van der Waals surface area contributed by atoms with E-state index in [1.807, 2.05) is 49.4 Å². The SMILES string of the molecule is CCOc1cccc(CNC(=O)c2cc3cccnc3s2)c1. The molecule has 0 unspecified atom stereocenters. The highest BCUT2D eigenvalue weighted by atomic mass is 32.1. The van der Waals surface area contributed by atoms with Crippen LogP contribution in [0.25, 0.3) is 10.2 Å². The van der Waals surface area contributed by atoms with E-state index < -0.39 is 0 Å². The van der Waals surface area contributed by atoms with Crippen LogP contribution in [0.4, 0.5) is 0 Å². The summed E-state index contributed by atoms with van der Waals surface area (Å²) in [4.78, 5) is 18.1. The second-order valence-corrected chi connectivity index (χ2v) is 5.80. The highest BCUT2D eigenvalue weighted by Gasteiger charge is 2.10. The van der Waals surface area contributed by atoms with Crippen molar-refractivity contribution in [1.29, 1.82) is 0 Å². The van der Waals surface area contributed by atoms with Gasteiger partial charge in [-0.3, -0.25) is 4.79 Å². The summed E-state index contributed by atoms with van der Waals surface area (Å²) >= 11 is 1.40. The normalized spacial score (nSPS) is 10.6. The first-order valence-electron chi connectivity index (χ1n) is 7.11. The van der Waals surface area contributed by atoms with E-state index in [2.05, 4.69) is 10.3 Å². The first kappa shape index (κ1) is 14.5. The lowest BCUT2D eigenvalue weighted by Gasteiger charge is -2.07. The number of hydrogen-bond donors (Lipinski definition) is 1. The van der Waals surface area contributed by atoms with Crippen molar-refractivity contribution in [2.45, 2.75) is 13.5 Å². The van der Waals surface area contributed by atoms with Gasteiger partial charge in [-0.15, -0.1) is 11.3 Å². The van der Waals surface area contributed by atoms with Gasteiger partial charge in [0.05, 0.1) is 11.5 Å². The molecule has 5 heteroatoms. The van der Waals surface area contributed by atoms with Crippen molar-refractivity contribution in [1.82, 2.24) is 10.3 Å². The molecular weight excluding hydrogens is 296 g/mol. The van der Waals surface area contributed by atoms with Crippen LogP contribution in [0.3, 0.4) is 0 Å². The largest absolute Gasteiger partial charge is 0.494 e. The summed E-state index contributed by atoms with van der Waals surface area (Å²) in [5.41, 5.74) is 1.01. The van der Waals surface area contributed by atoms with Gasteiger partial charge in [0.2, 0.25) is 0 Å². The summed E-state index contributed by atoms with van der Waals surface area (Å²) in [6.07, 6.45) is 1.74. The van der Waals surface area contributed by atoms with E-state index in [-0.39, 0.29) is 5.91 Å². The Morgan fingerprint density at radius 1 is 1.27 bits per heavy atom. The Morgan fingerprint density at radius 2 is 2.18 bits per heavy atom. The predicted octanol–water partition coefficient (Wildman–Crippen LogP) is 3.63. The van der Waals surface area contributed by atoms with Gasteiger partial charge in [-0.2, -0.15) is 0 Å². The molecule has 0 radical (unpaired) electrons. The zero-order chi connectivity index (χ0) is 15.4. The van der Waals surface area contributed by atoms with Gasteiger partial charge in [0.25, 0.3) is 5.91 Å². The molecule has 1 amide bonds. The van der Waals surface area contributed by atoms with Gasteiger partial charge < -0.3 is 10.1 Å². The maximum Gasteiger partial charge on any atom is 0.261 e. The third-order valence-electron chi connectivity index (χ3n) is 3.18. The summed E-state index contributed by atoms with van der Waals surface area (Å²) in [6, 6.07) is 13.4. The fraction of sp³-hybridized carbons (Fsp3) is 0.176. The first-order chi connectivity index (χ1) is 10.8. The molecule has 0 fully saturated rings. The Kier molecular flexibility index (Phi) is 4.34. The number of fused-ring (bicyclic) bond motifs is 1. The number of nitrogens with one attached hydrogen (secondary N) is 1. The van der Waals surface area contributed by atoms with Crippen molar-refractivity contribution >= 4 is 27.5 Å². The van der Waals surface area contributed by atoms with Crippen molar-refractivity contribution in [2.75, 3.05) is 6.61 Å². The van der Waals surface area contributed by atoms with E-state index in [0.717, 1.165) is 21.5 Å². The average molecular weight is 312 g/mol. The van der Waals surface area contributed by atoms with Crippen LogP contribution in [0, 0.1) is 0 Å². The molecule has 112 valence electrons. The van der Waals surface area contributed by atoms with E-state index in [9.17, 15) is 4.79 Å². The van der Waals surface area contributed by atoms with Gasteiger partial charge in [-0.05, 0) is 36.8 Å². The Morgan fingerprint density at radius 3 is 3.00 bits per heavy atom. The molecule has 1 aromatic carbocycles. The van der Waals surface area contributed by atoms with Crippen LogP contribution in [0.15, 0.2) is 48.7 Å². The average Bonchev–Trinajstić information content (AvgIpc) is 2.97. The van der Waals surface area contributed by atoms with Crippen molar-refractivity contribution < 1.29 is 9.53 Å². The predicted molar refractivity (Wildman–Crippen MR) is 88.4 cm³/mol. The molecule has 3 rings (SSSR count). The van der Waals surface area contributed by atoms with Crippen LogP contribution in [-0.4, -0.2) is 17.5 Å². The number of aromatic nitrogens is 1. The Hall–Kier alpha value is -2.40. The van der Waals surface area contributed by atoms with E-state index in [0.29, 0.717) is 18.0 Å². The zero-order valence-electron chi connectivity index (χ0n) is 12.2. The molecule has 4 nitrogen and oxygen atoms in total. The molecule has 3 aromatic rings. The molecule has 0 aliphatic heterocycles. The van der Waals surface area contributed by atoms with Crippen molar-refractivity contribution in [2.24, 2.45) is 0 Å². The second-order valence-electron chi connectivity index (χ2n) is 4.77. The van der Waals surface area contributed by atoms with Gasteiger partial charge in [0, 0.05) is 18.1 Å². The van der Waals surface area contributed by atoms with Gasteiger partial charge in [-0.1, -0.05) is 18.2 Å². The molecule has 2 heterocycles. The number of rotatable bonds is 5. The van der Waals surface area contributed by atoms with Crippen molar-refractivity contribution in [3.05, 3.63) is 59.1 Å². The van der Waals surface area contributed by atoms with E-state index in [1.54, 1.807) is 6.20 Å². The summed E-state index contributed by atoms with van der Waals surface area (Å²) in [7, 11) is 0. The summed E-state index contributed by atoms with van der Waals surface area (Å²) in [5, 5.41) is 3.93. The summed E-state index contributed by atoms with van der Waals surface area (Å²) in [6.45, 7) is 3.05. The highest BCUT2D eigenvalue weighted by molar-refractivity contribution is 7.20. The monoisotopic (exact) mass is 312 g/mol. The molecule has 22 heavy (non-hydrogen) atoms. The molecule has 0 spiro atoms. The fourth-order valence-electron chi connectivity index (χ4n) is 2.17. The van der Waals surface area contributed by atoms with Crippen molar-refractivity contribution in [3.63, 3.8) is 0 Å². The standard InChI is InChI=1S/C17H16N2O2S/c1-2-21-14-7-3-5-12(9-14)11-19-16(20)15-10-13-6-4-8-18-17(13)22-15/h3-10H,2,11H2,1H3,(H,19,20). The maximum atomic E-state index is 12.2. The van der Waals surface area contributed by atoms with Gasteiger partial charge in [0.15, 0.2) is 0 Å². The molecule has 0 saturated carbocycles. The number of hydrogen-bond acceptors (Lipinski definition) is 4. The van der Waals surface area contributed by atoms with Crippen LogP contribution in [0.5, 0.6) is 5.75 Å². The smallest absolute Gasteiger partial charge is 0.261 e. The third-order valence-corrected chi connectivity index (χ3v) is 4.24. The molecule has 0 bridgehead atoms. The number of pyridine rings is 1. The Balaban J connectivity index is 1.68. The van der Waals surface area contributed by atoms with Crippen LogP contribution in [0.1, 0.15) is 22.2 Å². The Labute approximate surface area is 132 Å². The quantitative estimate of drug-likeness (QED) is 0.783. The molecule has 0 aliphatic carbocycles.